The molecule has 0 aliphatic carbocycles. The smallest absolute Gasteiger partial charge is 0.258 e. The Morgan fingerprint density at radius 1 is 0.569 bits per heavy atom. The average Bonchev–Trinajstić information content (AvgIpc) is 3.86. The van der Waals surface area contributed by atoms with E-state index in [9.17, 15) is 9.59 Å². The molecule has 0 amide bonds. The fraction of sp³-hybridized carbons (Fsp3) is 0.167. The second-order valence-corrected chi connectivity index (χ2v) is 16.2. The van der Waals surface area contributed by atoms with Gasteiger partial charge in [-0.15, -0.1) is 11.3 Å². The van der Waals surface area contributed by atoms with Crippen LogP contribution in [0.15, 0.2) is 123 Å². The number of hydrogen-bond donors (Lipinski definition) is 0. The molecule has 0 aliphatic rings. The van der Waals surface area contributed by atoms with Crippen LogP contribution < -0.4 is 21.8 Å². The van der Waals surface area contributed by atoms with E-state index < -0.39 is 0 Å². The van der Waals surface area contributed by atoms with Crippen molar-refractivity contribution in [1.82, 2.24) is 28.9 Å². The predicted molar refractivity (Wildman–Crippen MR) is 242 cm³/mol. The van der Waals surface area contributed by atoms with E-state index in [1.165, 1.54) is 4.70 Å². The summed E-state index contributed by atoms with van der Waals surface area (Å²) < 4.78 is 10.7. The first-order valence-corrected chi connectivity index (χ1v) is 20.1. The summed E-state index contributed by atoms with van der Waals surface area (Å²) in [4.78, 5) is 40.1. The fourth-order valence-corrected chi connectivity index (χ4v) is 8.90. The number of oxazole rings is 1. The van der Waals surface area contributed by atoms with Crippen LogP contribution in [0, 0.1) is 0 Å². The molecular weight excluding hydrogens is 741 g/mol. The van der Waals surface area contributed by atoms with Crippen molar-refractivity contribution < 1.29 is 4.42 Å². The lowest BCUT2D eigenvalue weighted by Crippen LogP contribution is -2.36. The predicted octanol–water partition coefficient (Wildman–Crippen LogP) is 7.78. The Morgan fingerprint density at radius 2 is 1.09 bits per heavy atom. The van der Waals surface area contributed by atoms with Crippen molar-refractivity contribution >= 4 is 88.9 Å². The summed E-state index contributed by atoms with van der Waals surface area (Å²) in [6, 6.07) is 35.9. The van der Waals surface area contributed by atoms with Gasteiger partial charge >= 0.3 is 0 Å². The van der Waals surface area contributed by atoms with Gasteiger partial charge < -0.3 is 23.4 Å². The van der Waals surface area contributed by atoms with Gasteiger partial charge in [-0.2, -0.15) is 0 Å². The maximum atomic E-state index is 13.2. The number of likely N-dealkylation sites (N-methyl/N-ethyl adjacent to an activating group) is 2. The third-order valence-corrected chi connectivity index (χ3v) is 12.0. The number of thiazole rings is 1. The van der Waals surface area contributed by atoms with E-state index in [0.717, 1.165) is 94.2 Å². The molecule has 6 aromatic carbocycles. The number of pyridine rings is 2. The molecule has 4 aromatic heterocycles. The van der Waals surface area contributed by atoms with Crippen molar-refractivity contribution in [3.8, 4) is 22.0 Å². The number of benzene rings is 6. The number of hydrogen-bond acceptors (Lipinski definition) is 8. The second-order valence-electron chi connectivity index (χ2n) is 15.2. The lowest BCUT2D eigenvalue weighted by molar-refractivity contribution is 0.379. The molecule has 0 fully saturated rings. The number of aromatic nitrogens is 4. The molecule has 10 rings (SSSR count). The van der Waals surface area contributed by atoms with Crippen LogP contribution in [-0.2, 0) is 13.1 Å². The monoisotopic (exact) mass is 782 g/mol. The highest BCUT2D eigenvalue weighted by Gasteiger charge is 2.18. The molecule has 0 bridgehead atoms. The highest BCUT2D eigenvalue weighted by Crippen LogP contribution is 2.37. The summed E-state index contributed by atoms with van der Waals surface area (Å²) in [5.74, 6) is 0.558. The SMILES string of the molecule is C=c1c2ccc(-c3nc4ccccc4o3)c3cccc(c(=O)n1CCN(C)C)c32.C=c1c2ccc(-c3nc4ccccc4s3)c3cccc(c(=O)n1CCN(C)C)c32. The third-order valence-electron chi connectivity index (χ3n) is 10.9. The van der Waals surface area contributed by atoms with E-state index in [1.54, 1.807) is 20.5 Å². The van der Waals surface area contributed by atoms with Gasteiger partial charge in [0.2, 0.25) is 5.89 Å². The summed E-state index contributed by atoms with van der Waals surface area (Å²) in [7, 11) is 8.02. The van der Waals surface area contributed by atoms with Crippen LogP contribution >= 0.6 is 11.3 Å². The average molecular weight is 783 g/mol. The Kier molecular flexibility index (Phi) is 9.48. The Morgan fingerprint density at radius 3 is 1.66 bits per heavy atom. The number of rotatable bonds is 8. The van der Waals surface area contributed by atoms with Crippen molar-refractivity contribution in [2.45, 2.75) is 13.1 Å². The third kappa shape index (κ3) is 6.35. The Bertz CT molecular complexity index is 3050. The van der Waals surface area contributed by atoms with E-state index in [4.69, 9.17) is 9.40 Å². The fourth-order valence-electron chi connectivity index (χ4n) is 7.90. The summed E-state index contributed by atoms with van der Waals surface area (Å²) in [5.41, 5.74) is 4.53. The zero-order valence-electron chi connectivity index (χ0n) is 33.0. The van der Waals surface area contributed by atoms with Gasteiger partial charge in [0.1, 0.15) is 10.5 Å². The molecule has 10 heteroatoms. The minimum absolute atomic E-state index is 0.00957. The standard InChI is InChI=1S/C24H21N3O2.C24H21N3OS/c2*1-15-16-11-12-18(23-25-20-9-4-5-10-21(20)29-23)17-7-6-8-19(22(16)17)24(28)27(15)14-13-26(2)3/h2*4-12H,1,13-14H2,2-3H3. The second kappa shape index (κ2) is 14.8. The summed E-state index contributed by atoms with van der Waals surface area (Å²) in [5, 5.41) is 9.85. The van der Waals surface area contributed by atoms with E-state index >= 15 is 0 Å². The van der Waals surface area contributed by atoms with Crippen molar-refractivity contribution in [2.75, 3.05) is 41.3 Å². The molecule has 58 heavy (non-hydrogen) atoms. The van der Waals surface area contributed by atoms with Gasteiger partial charge in [-0.05, 0) is 81.4 Å². The molecule has 0 saturated heterocycles. The molecule has 288 valence electrons. The minimum Gasteiger partial charge on any atom is -0.436 e. The maximum absolute atomic E-state index is 13.2. The van der Waals surface area contributed by atoms with Crippen LogP contribution in [0.2, 0.25) is 0 Å². The number of para-hydroxylation sites is 3. The molecule has 0 aliphatic heterocycles. The molecule has 0 N–H and O–H groups in total. The van der Waals surface area contributed by atoms with Gasteiger partial charge in [0.15, 0.2) is 5.58 Å². The van der Waals surface area contributed by atoms with E-state index in [0.29, 0.717) is 24.4 Å². The highest BCUT2D eigenvalue weighted by atomic mass is 32.1. The van der Waals surface area contributed by atoms with Crippen LogP contribution in [0.3, 0.4) is 0 Å². The Hall–Kier alpha value is -6.46. The lowest BCUT2D eigenvalue weighted by atomic mass is 9.97. The first-order chi connectivity index (χ1) is 28.1. The van der Waals surface area contributed by atoms with Gasteiger partial charge in [-0.25, -0.2) is 9.97 Å². The van der Waals surface area contributed by atoms with Crippen molar-refractivity contribution in [3.05, 3.63) is 141 Å². The van der Waals surface area contributed by atoms with Crippen LogP contribution in [0.1, 0.15) is 0 Å². The normalized spacial score (nSPS) is 12.0. The van der Waals surface area contributed by atoms with Crippen molar-refractivity contribution in [3.63, 3.8) is 0 Å². The quantitative estimate of drug-likeness (QED) is 0.156. The Labute approximate surface area is 338 Å². The highest BCUT2D eigenvalue weighted by molar-refractivity contribution is 7.21. The summed E-state index contributed by atoms with van der Waals surface area (Å²) >= 11 is 1.68. The minimum atomic E-state index is -0.00957. The zero-order chi connectivity index (χ0) is 40.2. The molecule has 4 heterocycles. The molecule has 10 aromatic rings. The van der Waals surface area contributed by atoms with E-state index in [-0.39, 0.29) is 11.1 Å². The van der Waals surface area contributed by atoms with Gasteiger partial charge in [0.05, 0.1) is 10.2 Å². The molecule has 0 unspecified atom stereocenters. The van der Waals surface area contributed by atoms with Crippen LogP contribution in [0.5, 0.6) is 0 Å². The summed E-state index contributed by atoms with van der Waals surface area (Å²) in [6.45, 7) is 11.3. The Balaban J connectivity index is 0.000000150. The largest absolute Gasteiger partial charge is 0.436 e. The maximum Gasteiger partial charge on any atom is 0.258 e. The molecular formula is C48H42N6O3S. The van der Waals surface area contributed by atoms with Crippen molar-refractivity contribution in [2.24, 2.45) is 0 Å². The van der Waals surface area contributed by atoms with E-state index in [1.807, 2.05) is 113 Å². The van der Waals surface area contributed by atoms with Crippen molar-refractivity contribution in [1.29, 1.82) is 0 Å². The first kappa shape index (κ1) is 37.1. The molecule has 0 spiro atoms. The summed E-state index contributed by atoms with van der Waals surface area (Å²) in [6.07, 6.45) is 0. The van der Waals surface area contributed by atoms with Crippen LogP contribution in [-0.4, -0.2) is 70.2 Å². The number of nitrogens with zero attached hydrogens (tertiary/aromatic N) is 6. The van der Waals surface area contributed by atoms with Gasteiger partial charge in [0.25, 0.3) is 11.1 Å². The topological polar surface area (TPSA) is 89.4 Å². The molecule has 0 radical (unpaired) electrons. The zero-order valence-corrected chi connectivity index (χ0v) is 33.8. The van der Waals surface area contributed by atoms with Gasteiger partial charge in [-0.1, -0.05) is 79.9 Å². The van der Waals surface area contributed by atoms with Crippen LogP contribution in [0.25, 0.3) is 99.6 Å². The van der Waals surface area contributed by atoms with Crippen LogP contribution in [0.4, 0.5) is 0 Å². The molecule has 0 atom stereocenters. The number of fused-ring (bicyclic) bond motifs is 2. The first-order valence-electron chi connectivity index (χ1n) is 19.2. The van der Waals surface area contributed by atoms with Gasteiger partial charge in [-0.3, -0.25) is 9.59 Å². The van der Waals surface area contributed by atoms with Gasteiger partial charge in [0, 0.05) is 80.3 Å². The molecule has 0 saturated carbocycles. The lowest BCUT2D eigenvalue weighted by Gasteiger charge is -2.16. The molecule has 9 nitrogen and oxygen atoms in total. The van der Waals surface area contributed by atoms with E-state index in [2.05, 4.69) is 52.2 Å².